The summed E-state index contributed by atoms with van der Waals surface area (Å²) >= 11 is 5.71. The summed E-state index contributed by atoms with van der Waals surface area (Å²) in [5.41, 5.74) is 2.99. The largest absolute Gasteiger partial charge is 0.357 e. The molecule has 2 amide bonds. The summed E-state index contributed by atoms with van der Waals surface area (Å²) < 4.78 is 0. The molecule has 0 saturated carbocycles. The van der Waals surface area contributed by atoms with Gasteiger partial charge in [0.15, 0.2) is 6.61 Å². The quantitative estimate of drug-likeness (QED) is 0.761. The Morgan fingerprint density at radius 3 is 2.47 bits per heavy atom. The van der Waals surface area contributed by atoms with E-state index >= 15 is 0 Å². The Morgan fingerprint density at radius 1 is 1.24 bits per heavy atom. The minimum Gasteiger partial charge on any atom is -0.357 e. The molecule has 0 unspecified atom stereocenters. The van der Waals surface area contributed by atoms with Gasteiger partial charge in [-0.25, -0.2) is 5.48 Å². The predicted octanol–water partition coefficient (Wildman–Crippen LogP) is 0.676. The number of likely N-dealkylation sites (N-methyl/N-ethyl adjacent to an activating group) is 1. The van der Waals surface area contributed by atoms with Crippen LogP contribution in [0.1, 0.15) is 5.56 Å². The van der Waals surface area contributed by atoms with Crippen molar-refractivity contribution in [2.24, 2.45) is 0 Å². The van der Waals surface area contributed by atoms with Gasteiger partial charge in [0.05, 0.1) is 6.42 Å². The average Bonchev–Trinajstić information content (AvgIpc) is 2.32. The molecular formula is C11H13ClN2O3. The zero-order valence-corrected chi connectivity index (χ0v) is 10.1. The van der Waals surface area contributed by atoms with Gasteiger partial charge in [0.2, 0.25) is 11.8 Å². The standard InChI is InChI=1S/C11H13ClN2O3/c1-13-11(16)7-17-14-10(15)6-8-2-4-9(12)5-3-8/h2-5H,6-7H2,1H3,(H,13,16)(H,14,15). The van der Waals surface area contributed by atoms with Crippen LogP contribution in [0.4, 0.5) is 0 Å². The Bertz CT molecular complexity index is 392. The molecule has 6 heteroatoms. The van der Waals surface area contributed by atoms with E-state index in [9.17, 15) is 9.59 Å². The van der Waals surface area contributed by atoms with Crippen LogP contribution >= 0.6 is 11.6 Å². The van der Waals surface area contributed by atoms with Gasteiger partial charge in [0.25, 0.3) is 0 Å². The smallest absolute Gasteiger partial charge is 0.248 e. The summed E-state index contributed by atoms with van der Waals surface area (Å²) in [5.74, 6) is -0.631. The molecule has 2 N–H and O–H groups in total. The van der Waals surface area contributed by atoms with Gasteiger partial charge in [-0.3, -0.25) is 14.4 Å². The maximum Gasteiger partial charge on any atom is 0.248 e. The molecule has 1 rings (SSSR count). The molecule has 0 heterocycles. The van der Waals surface area contributed by atoms with Crippen molar-refractivity contribution in [2.45, 2.75) is 6.42 Å². The zero-order chi connectivity index (χ0) is 12.7. The highest BCUT2D eigenvalue weighted by atomic mass is 35.5. The van der Waals surface area contributed by atoms with Gasteiger partial charge in [-0.15, -0.1) is 0 Å². The molecule has 0 bridgehead atoms. The number of hydrogen-bond acceptors (Lipinski definition) is 3. The van der Waals surface area contributed by atoms with Crippen LogP contribution in [-0.2, 0) is 20.8 Å². The van der Waals surface area contributed by atoms with Crippen LogP contribution in [0, 0.1) is 0 Å². The van der Waals surface area contributed by atoms with E-state index in [1.807, 2.05) is 0 Å². The predicted molar refractivity (Wildman–Crippen MR) is 63.3 cm³/mol. The van der Waals surface area contributed by atoms with Crippen molar-refractivity contribution in [2.75, 3.05) is 13.7 Å². The van der Waals surface area contributed by atoms with Crippen LogP contribution in [0.2, 0.25) is 5.02 Å². The summed E-state index contributed by atoms with van der Waals surface area (Å²) in [6.07, 6.45) is 0.172. The Kier molecular flexibility index (Phi) is 5.45. The summed E-state index contributed by atoms with van der Waals surface area (Å²) in [5, 5.41) is 2.98. The van der Waals surface area contributed by atoms with Crippen LogP contribution in [0.5, 0.6) is 0 Å². The Balaban J connectivity index is 2.30. The summed E-state index contributed by atoms with van der Waals surface area (Å²) in [6.45, 7) is -0.205. The van der Waals surface area contributed by atoms with Crippen LogP contribution in [0.25, 0.3) is 0 Å². The summed E-state index contributed by atoms with van der Waals surface area (Å²) in [4.78, 5) is 26.9. The minimum absolute atomic E-state index is 0.172. The van der Waals surface area contributed by atoms with Crippen LogP contribution in [0.3, 0.4) is 0 Å². The SMILES string of the molecule is CNC(=O)CONC(=O)Cc1ccc(Cl)cc1. The fourth-order valence-corrected chi connectivity index (χ4v) is 1.20. The third-order valence-corrected chi connectivity index (χ3v) is 2.20. The number of carbonyl (C=O) groups is 2. The van der Waals surface area contributed by atoms with Gasteiger partial charge in [-0.05, 0) is 17.7 Å². The van der Waals surface area contributed by atoms with E-state index in [2.05, 4.69) is 10.8 Å². The van der Waals surface area contributed by atoms with E-state index in [-0.39, 0.29) is 24.8 Å². The van der Waals surface area contributed by atoms with Gasteiger partial charge < -0.3 is 5.32 Å². The van der Waals surface area contributed by atoms with Crippen molar-refractivity contribution in [3.63, 3.8) is 0 Å². The van der Waals surface area contributed by atoms with E-state index in [4.69, 9.17) is 16.4 Å². The van der Waals surface area contributed by atoms with Gasteiger partial charge in [0.1, 0.15) is 0 Å². The van der Waals surface area contributed by atoms with Crippen molar-refractivity contribution in [3.05, 3.63) is 34.9 Å². The van der Waals surface area contributed by atoms with Crippen LogP contribution in [0.15, 0.2) is 24.3 Å². The molecule has 0 aliphatic carbocycles. The monoisotopic (exact) mass is 256 g/mol. The molecule has 1 aromatic rings. The fourth-order valence-electron chi connectivity index (χ4n) is 1.08. The maximum atomic E-state index is 11.4. The lowest BCUT2D eigenvalue weighted by atomic mass is 10.1. The minimum atomic E-state index is -0.323. The van der Waals surface area contributed by atoms with Gasteiger partial charge in [0, 0.05) is 12.1 Å². The first-order valence-corrected chi connectivity index (χ1v) is 5.35. The Hall–Kier alpha value is -1.59. The van der Waals surface area contributed by atoms with Gasteiger partial charge in [-0.1, -0.05) is 23.7 Å². The number of hydroxylamine groups is 1. The fraction of sp³-hybridized carbons (Fsp3) is 0.273. The lowest BCUT2D eigenvalue weighted by Gasteiger charge is -2.05. The molecule has 0 saturated heterocycles. The van der Waals surface area contributed by atoms with E-state index < -0.39 is 0 Å². The highest BCUT2D eigenvalue weighted by Crippen LogP contribution is 2.09. The zero-order valence-electron chi connectivity index (χ0n) is 9.33. The van der Waals surface area contributed by atoms with Crippen molar-refractivity contribution >= 4 is 23.4 Å². The summed E-state index contributed by atoms with van der Waals surface area (Å²) in [7, 11) is 1.49. The number of amides is 2. The third kappa shape index (κ3) is 5.33. The molecule has 0 fully saturated rings. The molecule has 5 nitrogen and oxygen atoms in total. The average molecular weight is 257 g/mol. The highest BCUT2D eigenvalue weighted by Gasteiger charge is 2.04. The molecule has 0 atom stereocenters. The maximum absolute atomic E-state index is 11.4. The highest BCUT2D eigenvalue weighted by molar-refractivity contribution is 6.30. The molecule has 0 radical (unpaired) electrons. The molecule has 0 aliphatic heterocycles. The van der Waals surface area contributed by atoms with Crippen molar-refractivity contribution in [3.8, 4) is 0 Å². The van der Waals surface area contributed by atoms with Crippen LogP contribution in [-0.4, -0.2) is 25.5 Å². The molecule has 0 spiro atoms. The number of carbonyl (C=O) groups excluding carboxylic acids is 2. The first-order chi connectivity index (χ1) is 8.11. The van der Waals surface area contributed by atoms with Crippen LogP contribution < -0.4 is 10.8 Å². The molecule has 1 aromatic carbocycles. The normalized spacial score (nSPS) is 9.76. The third-order valence-electron chi connectivity index (χ3n) is 1.95. The molecule has 17 heavy (non-hydrogen) atoms. The number of halogens is 1. The van der Waals surface area contributed by atoms with E-state index in [0.29, 0.717) is 5.02 Å². The van der Waals surface area contributed by atoms with E-state index in [0.717, 1.165) is 5.56 Å². The van der Waals surface area contributed by atoms with Gasteiger partial charge >= 0.3 is 0 Å². The Morgan fingerprint density at radius 2 is 1.88 bits per heavy atom. The molecule has 92 valence electrons. The topological polar surface area (TPSA) is 67.4 Å². The van der Waals surface area contributed by atoms with Gasteiger partial charge in [-0.2, -0.15) is 0 Å². The number of hydrogen-bond donors (Lipinski definition) is 2. The van der Waals surface area contributed by atoms with E-state index in [1.54, 1.807) is 24.3 Å². The number of benzene rings is 1. The molecule has 0 aliphatic rings. The van der Waals surface area contributed by atoms with Crippen molar-refractivity contribution < 1.29 is 14.4 Å². The lowest BCUT2D eigenvalue weighted by molar-refractivity contribution is -0.138. The van der Waals surface area contributed by atoms with Crippen molar-refractivity contribution in [1.29, 1.82) is 0 Å². The number of rotatable bonds is 5. The van der Waals surface area contributed by atoms with Crippen molar-refractivity contribution in [1.82, 2.24) is 10.8 Å². The second-order valence-electron chi connectivity index (χ2n) is 3.29. The molecular weight excluding hydrogens is 244 g/mol. The number of nitrogens with one attached hydrogen (secondary N) is 2. The van der Waals surface area contributed by atoms with E-state index in [1.165, 1.54) is 7.05 Å². The second kappa shape index (κ2) is 6.88. The Labute approximate surface area is 104 Å². The second-order valence-corrected chi connectivity index (χ2v) is 3.73. The summed E-state index contributed by atoms with van der Waals surface area (Å²) in [6, 6.07) is 6.91. The molecule has 0 aromatic heterocycles. The lowest BCUT2D eigenvalue weighted by Crippen LogP contribution is -2.31. The first-order valence-electron chi connectivity index (χ1n) is 4.97. The first kappa shape index (κ1) is 13.5.